The summed E-state index contributed by atoms with van der Waals surface area (Å²) in [6, 6.07) is 10.1. The molecule has 2 rings (SSSR count). The molecule has 1 saturated heterocycles. The lowest BCUT2D eigenvalue weighted by Crippen LogP contribution is -2.53. The molecule has 156 valence electrons. The van der Waals surface area contributed by atoms with Crippen LogP contribution in [0.5, 0.6) is 0 Å². The predicted octanol–water partition coefficient (Wildman–Crippen LogP) is 3.13. The van der Waals surface area contributed by atoms with Crippen molar-refractivity contribution >= 4 is 11.8 Å². The first-order valence-corrected chi connectivity index (χ1v) is 10.8. The largest absolute Gasteiger partial charge is 0.344 e. The van der Waals surface area contributed by atoms with Gasteiger partial charge in [0.25, 0.3) is 0 Å². The zero-order valence-electron chi connectivity index (χ0n) is 17.7. The van der Waals surface area contributed by atoms with Gasteiger partial charge >= 0.3 is 0 Å². The molecule has 0 spiro atoms. The van der Waals surface area contributed by atoms with Crippen LogP contribution >= 0.6 is 0 Å². The van der Waals surface area contributed by atoms with Crippen LogP contribution in [0.4, 0.5) is 0 Å². The molecule has 28 heavy (non-hydrogen) atoms. The maximum atomic E-state index is 13.1. The summed E-state index contributed by atoms with van der Waals surface area (Å²) in [6.07, 6.45) is 4.98. The molecule has 1 aromatic carbocycles. The first kappa shape index (κ1) is 22.4. The van der Waals surface area contributed by atoms with E-state index < -0.39 is 6.04 Å². The van der Waals surface area contributed by atoms with Gasteiger partial charge in [-0.15, -0.1) is 0 Å². The van der Waals surface area contributed by atoms with E-state index in [1.165, 1.54) is 5.56 Å². The number of piperidine rings is 1. The Morgan fingerprint density at radius 3 is 2.39 bits per heavy atom. The quantitative estimate of drug-likeness (QED) is 0.683. The maximum Gasteiger partial charge on any atom is 0.245 e. The normalized spacial score (nSPS) is 18.4. The van der Waals surface area contributed by atoms with Crippen LogP contribution in [-0.2, 0) is 16.0 Å². The molecule has 5 nitrogen and oxygen atoms in total. The van der Waals surface area contributed by atoms with Crippen LogP contribution in [0.2, 0.25) is 0 Å². The van der Waals surface area contributed by atoms with Gasteiger partial charge in [0.2, 0.25) is 11.8 Å². The Morgan fingerprint density at radius 2 is 1.82 bits per heavy atom. The molecule has 2 amide bonds. The van der Waals surface area contributed by atoms with E-state index >= 15 is 0 Å². The molecule has 1 aromatic rings. The Balaban J connectivity index is 1.89. The van der Waals surface area contributed by atoms with Crippen LogP contribution in [0, 0.1) is 11.8 Å². The fraction of sp³-hybridized carbons (Fsp3) is 0.652. The van der Waals surface area contributed by atoms with Crippen molar-refractivity contribution in [2.45, 2.75) is 71.4 Å². The molecule has 3 unspecified atom stereocenters. The molecule has 1 heterocycles. The van der Waals surface area contributed by atoms with Crippen molar-refractivity contribution in [2.24, 2.45) is 17.6 Å². The zero-order valence-corrected chi connectivity index (χ0v) is 17.7. The molecule has 0 aromatic heterocycles. The van der Waals surface area contributed by atoms with Crippen molar-refractivity contribution in [2.75, 3.05) is 13.1 Å². The first-order valence-electron chi connectivity index (χ1n) is 10.8. The van der Waals surface area contributed by atoms with Gasteiger partial charge < -0.3 is 16.0 Å². The number of carbonyl (C=O) groups excluding carboxylic acids is 2. The fourth-order valence-electron chi connectivity index (χ4n) is 3.79. The molecular weight excluding hydrogens is 350 g/mol. The lowest BCUT2D eigenvalue weighted by Gasteiger charge is -2.36. The summed E-state index contributed by atoms with van der Waals surface area (Å²) in [5.41, 5.74) is 7.11. The van der Waals surface area contributed by atoms with Crippen LogP contribution in [-0.4, -0.2) is 41.9 Å². The van der Waals surface area contributed by atoms with E-state index in [4.69, 9.17) is 5.73 Å². The zero-order chi connectivity index (χ0) is 20.5. The number of amides is 2. The van der Waals surface area contributed by atoms with Crippen molar-refractivity contribution in [3.05, 3.63) is 35.9 Å². The SMILES string of the molecule is CCC(C)C(NC(=O)CCC(C)N)C(=O)N1CCC(Cc2ccccc2)CC1. The average molecular weight is 388 g/mol. The Kier molecular flexibility index (Phi) is 8.97. The molecule has 3 atom stereocenters. The molecule has 5 heteroatoms. The molecule has 1 aliphatic heterocycles. The molecule has 1 fully saturated rings. The second-order valence-corrected chi connectivity index (χ2v) is 8.41. The number of nitrogens with one attached hydrogen (secondary N) is 1. The highest BCUT2D eigenvalue weighted by Gasteiger charge is 2.32. The molecule has 0 aliphatic carbocycles. The van der Waals surface area contributed by atoms with E-state index in [1.54, 1.807) is 0 Å². The lowest BCUT2D eigenvalue weighted by molar-refractivity contribution is -0.139. The summed E-state index contributed by atoms with van der Waals surface area (Å²) in [7, 11) is 0. The third kappa shape index (κ3) is 6.93. The monoisotopic (exact) mass is 387 g/mol. The molecule has 1 aliphatic rings. The second-order valence-electron chi connectivity index (χ2n) is 8.41. The van der Waals surface area contributed by atoms with Gasteiger partial charge in [-0.2, -0.15) is 0 Å². The maximum absolute atomic E-state index is 13.1. The molecule has 0 bridgehead atoms. The van der Waals surface area contributed by atoms with Crippen molar-refractivity contribution in [1.29, 1.82) is 0 Å². The minimum atomic E-state index is -0.434. The number of hydrogen-bond donors (Lipinski definition) is 2. The molecule has 0 saturated carbocycles. The van der Waals surface area contributed by atoms with Gasteiger partial charge in [0.15, 0.2) is 0 Å². The van der Waals surface area contributed by atoms with Gasteiger partial charge in [-0.25, -0.2) is 0 Å². The standard InChI is InChI=1S/C23H37N3O2/c1-4-17(2)22(25-21(27)11-10-18(3)24)23(28)26-14-12-20(13-15-26)16-19-8-6-5-7-9-19/h5-9,17-18,20,22H,4,10-16,24H2,1-3H3,(H,25,27). The summed E-state index contributed by atoms with van der Waals surface area (Å²) in [5.74, 6) is 0.736. The van der Waals surface area contributed by atoms with Crippen molar-refractivity contribution in [1.82, 2.24) is 10.2 Å². The number of likely N-dealkylation sites (tertiary alicyclic amines) is 1. The van der Waals surface area contributed by atoms with Crippen molar-refractivity contribution < 1.29 is 9.59 Å². The Labute approximate surface area is 170 Å². The lowest BCUT2D eigenvalue weighted by atomic mass is 9.89. The van der Waals surface area contributed by atoms with E-state index in [1.807, 2.05) is 24.8 Å². The highest BCUT2D eigenvalue weighted by atomic mass is 16.2. The van der Waals surface area contributed by atoms with Crippen LogP contribution in [0.3, 0.4) is 0 Å². The number of nitrogens with two attached hydrogens (primary N) is 1. The summed E-state index contributed by atoms with van der Waals surface area (Å²) >= 11 is 0. The summed E-state index contributed by atoms with van der Waals surface area (Å²) in [5, 5.41) is 2.99. The van der Waals surface area contributed by atoms with Crippen LogP contribution in [0.1, 0.15) is 58.4 Å². The number of carbonyl (C=O) groups is 2. The van der Waals surface area contributed by atoms with E-state index in [-0.39, 0.29) is 23.8 Å². The second kappa shape index (κ2) is 11.2. The van der Waals surface area contributed by atoms with Gasteiger partial charge in [0, 0.05) is 25.6 Å². The van der Waals surface area contributed by atoms with Gasteiger partial charge in [-0.3, -0.25) is 9.59 Å². The van der Waals surface area contributed by atoms with E-state index in [0.717, 1.165) is 38.8 Å². The average Bonchev–Trinajstić information content (AvgIpc) is 2.70. The third-order valence-corrected chi connectivity index (χ3v) is 5.92. The van der Waals surface area contributed by atoms with E-state index in [2.05, 4.69) is 36.5 Å². The van der Waals surface area contributed by atoms with Gasteiger partial charge in [-0.1, -0.05) is 50.6 Å². The number of hydrogen-bond acceptors (Lipinski definition) is 3. The highest BCUT2D eigenvalue weighted by Crippen LogP contribution is 2.23. The van der Waals surface area contributed by atoms with Gasteiger partial charge in [0.05, 0.1) is 0 Å². The minimum absolute atomic E-state index is 0.00728. The Morgan fingerprint density at radius 1 is 1.18 bits per heavy atom. The predicted molar refractivity (Wildman–Crippen MR) is 114 cm³/mol. The topological polar surface area (TPSA) is 75.4 Å². The third-order valence-electron chi connectivity index (χ3n) is 5.92. The van der Waals surface area contributed by atoms with Crippen molar-refractivity contribution in [3.63, 3.8) is 0 Å². The minimum Gasteiger partial charge on any atom is -0.344 e. The molecular formula is C23H37N3O2. The van der Waals surface area contributed by atoms with Gasteiger partial charge in [0.1, 0.15) is 6.04 Å². The Hall–Kier alpha value is -1.88. The Bertz CT molecular complexity index is 610. The molecule has 3 N–H and O–H groups in total. The summed E-state index contributed by atoms with van der Waals surface area (Å²) < 4.78 is 0. The van der Waals surface area contributed by atoms with E-state index in [0.29, 0.717) is 18.8 Å². The summed E-state index contributed by atoms with van der Waals surface area (Å²) in [4.78, 5) is 27.4. The van der Waals surface area contributed by atoms with Gasteiger partial charge in [-0.05, 0) is 50.0 Å². The first-order chi connectivity index (χ1) is 13.4. The van der Waals surface area contributed by atoms with Crippen LogP contribution in [0.25, 0.3) is 0 Å². The van der Waals surface area contributed by atoms with Crippen LogP contribution < -0.4 is 11.1 Å². The molecule has 0 radical (unpaired) electrons. The van der Waals surface area contributed by atoms with Crippen molar-refractivity contribution in [3.8, 4) is 0 Å². The smallest absolute Gasteiger partial charge is 0.245 e. The number of rotatable bonds is 9. The van der Waals surface area contributed by atoms with E-state index in [9.17, 15) is 9.59 Å². The fourth-order valence-corrected chi connectivity index (χ4v) is 3.79. The highest BCUT2D eigenvalue weighted by molar-refractivity contribution is 5.88. The van der Waals surface area contributed by atoms with Crippen LogP contribution in [0.15, 0.2) is 30.3 Å². The number of benzene rings is 1. The number of nitrogens with zero attached hydrogens (tertiary/aromatic N) is 1. The summed E-state index contributed by atoms with van der Waals surface area (Å²) in [6.45, 7) is 7.55.